The Kier molecular flexibility index (Phi) is 3.88. The minimum Gasteiger partial charge on any atom is -0.423 e. The summed E-state index contributed by atoms with van der Waals surface area (Å²) in [6.07, 6.45) is 2.62. The number of hydrogen-bond acceptors (Lipinski definition) is 5. The fourth-order valence-corrected chi connectivity index (χ4v) is 2.21. The predicted molar refractivity (Wildman–Crippen MR) is 66.5 cm³/mol. The molecule has 1 aromatic rings. The molecule has 2 heterocycles. The van der Waals surface area contributed by atoms with Crippen LogP contribution in [0.15, 0.2) is 12.3 Å². The number of pyridine rings is 1. The largest absolute Gasteiger partial charge is 0.490 e. The number of anilines is 1. The number of piperidine rings is 1. The van der Waals surface area contributed by atoms with E-state index in [1.54, 1.807) is 6.07 Å². The Morgan fingerprint density at radius 1 is 1.47 bits per heavy atom. The molecule has 1 aliphatic rings. The molecule has 0 saturated carbocycles. The third-order valence-electron chi connectivity index (χ3n) is 2.88. The zero-order valence-electron chi connectivity index (χ0n) is 9.25. The molecule has 1 atom stereocenters. The van der Waals surface area contributed by atoms with Crippen molar-refractivity contribution in [2.45, 2.75) is 18.9 Å². The van der Waals surface area contributed by atoms with Crippen LogP contribution in [0.1, 0.15) is 12.8 Å². The van der Waals surface area contributed by atoms with Crippen LogP contribution in [0.25, 0.3) is 0 Å². The maximum atomic E-state index is 9.61. The van der Waals surface area contributed by atoms with Gasteiger partial charge in [-0.2, -0.15) is 0 Å². The van der Waals surface area contributed by atoms with Crippen molar-refractivity contribution in [3.8, 4) is 0 Å². The van der Waals surface area contributed by atoms with Crippen molar-refractivity contribution >= 4 is 29.9 Å². The summed E-state index contributed by atoms with van der Waals surface area (Å²) in [6.45, 7) is 1.27. The highest BCUT2D eigenvalue weighted by Crippen LogP contribution is 2.25. The molecule has 1 saturated heterocycles. The van der Waals surface area contributed by atoms with Crippen LogP contribution in [0, 0.1) is 0 Å². The highest BCUT2D eigenvalue weighted by atomic mass is 35.5. The molecule has 3 N–H and O–H groups in total. The molecule has 2 rings (SSSR count). The molecule has 17 heavy (non-hydrogen) atoms. The van der Waals surface area contributed by atoms with E-state index in [9.17, 15) is 5.11 Å². The lowest BCUT2D eigenvalue weighted by Crippen LogP contribution is -2.39. The summed E-state index contributed by atoms with van der Waals surface area (Å²) < 4.78 is 0. The number of aliphatic hydroxyl groups excluding tert-OH is 1. The summed E-state index contributed by atoms with van der Waals surface area (Å²) in [4.78, 5) is 5.83. The van der Waals surface area contributed by atoms with E-state index in [0.717, 1.165) is 19.4 Å². The van der Waals surface area contributed by atoms with E-state index >= 15 is 0 Å². The van der Waals surface area contributed by atoms with Crippen LogP contribution in [0.3, 0.4) is 0 Å². The normalized spacial score (nSPS) is 20.5. The lowest BCUT2D eigenvalue weighted by atomic mass is 9.81. The van der Waals surface area contributed by atoms with Gasteiger partial charge >= 0.3 is 7.12 Å². The summed E-state index contributed by atoms with van der Waals surface area (Å²) >= 11 is 5.98. The molecule has 0 amide bonds. The second-order valence-electron chi connectivity index (χ2n) is 4.19. The van der Waals surface area contributed by atoms with Gasteiger partial charge in [0, 0.05) is 24.7 Å². The Morgan fingerprint density at radius 3 is 2.88 bits per heavy atom. The van der Waals surface area contributed by atoms with Crippen molar-refractivity contribution < 1.29 is 15.2 Å². The van der Waals surface area contributed by atoms with Crippen molar-refractivity contribution in [3.05, 3.63) is 17.4 Å². The summed E-state index contributed by atoms with van der Waals surface area (Å²) in [5.74, 6) is 0. The number of aliphatic hydroxyl groups is 1. The molecule has 7 heteroatoms. The first-order valence-corrected chi connectivity index (χ1v) is 5.90. The molecule has 92 valence electrons. The maximum Gasteiger partial charge on any atom is 0.490 e. The average molecular weight is 256 g/mol. The van der Waals surface area contributed by atoms with Gasteiger partial charge in [0.1, 0.15) is 0 Å². The molecule has 0 aromatic carbocycles. The molecule has 1 unspecified atom stereocenters. The highest BCUT2D eigenvalue weighted by Gasteiger charge is 2.22. The van der Waals surface area contributed by atoms with Gasteiger partial charge in [-0.25, -0.2) is 4.98 Å². The second-order valence-corrected chi connectivity index (χ2v) is 4.55. The van der Waals surface area contributed by atoms with Crippen molar-refractivity contribution in [1.29, 1.82) is 0 Å². The summed E-state index contributed by atoms with van der Waals surface area (Å²) in [5.41, 5.74) is 0.931. The standard InChI is InChI=1S/C10H14BClN2O3/c12-10-9(4-7(5-13-10)11(16)17)14-3-1-2-8(15)6-14/h4-5,8,15-17H,1-3,6H2. The molecule has 5 nitrogen and oxygen atoms in total. The summed E-state index contributed by atoms with van der Waals surface area (Å²) in [6, 6.07) is 1.60. The van der Waals surface area contributed by atoms with Gasteiger partial charge in [0.05, 0.1) is 11.8 Å². The minimum absolute atomic E-state index is 0.296. The number of β-amino-alcohol motifs (C(OH)–C–C–N with tert-alkyl or cyclic N) is 1. The van der Waals surface area contributed by atoms with E-state index in [0.29, 0.717) is 22.8 Å². The van der Waals surface area contributed by atoms with Crippen LogP contribution in [0.5, 0.6) is 0 Å². The number of hydrogen-bond donors (Lipinski definition) is 3. The lowest BCUT2D eigenvalue weighted by Gasteiger charge is -2.32. The first kappa shape index (κ1) is 12.6. The van der Waals surface area contributed by atoms with Gasteiger partial charge in [-0.05, 0) is 18.9 Å². The van der Waals surface area contributed by atoms with Gasteiger partial charge in [-0.1, -0.05) is 11.6 Å². The molecule has 0 radical (unpaired) electrons. The van der Waals surface area contributed by atoms with Crippen molar-refractivity contribution in [2.75, 3.05) is 18.0 Å². The van der Waals surface area contributed by atoms with Crippen LogP contribution < -0.4 is 10.4 Å². The Labute approximate surface area is 105 Å². The molecule has 1 aromatic heterocycles. The van der Waals surface area contributed by atoms with Crippen LogP contribution in [-0.2, 0) is 0 Å². The number of rotatable bonds is 2. The SMILES string of the molecule is OB(O)c1cnc(Cl)c(N2CCCC(O)C2)c1. The van der Waals surface area contributed by atoms with Gasteiger partial charge in [0.15, 0.2) is 5.15 Å². The van der Waals surface area contributed by atoms with Gasteiger partial charge in [0.2, 0.25) is 0 Å². The topological polar surface area (TPSA) is 76.8 Å². The van der Waals surface area contributed by atoms with Crippen LogP contribution >= 0.6 is 11.6 Å². The van der Waals surface area contributed by atoms with E-state index in [1.807, 2.05) is 4.90 Å². The van der Waals surface area contributed by atoms with E-state index in [4.69, 9.17) is 21.6 Å². The Bertz CT molecular complexity index is 405. The third kappa shape index (κ3) is 2.90. The van der Waals surface area contributed by atoms with Gasteiger partial charge in [-0.3, -0.25) is 0 Å². The predicted octanol–water partition coefficient (Wildman–Crippen LogP) is -0.624. The van der Waals surface area contributed by atoms with Crippen molar-refractivity contribution in [2.24, 2.45) is 0 Å². The number of nitrogens with zero attached hydrogens (tertiary/aromatic N) is 2. The molecular formula is C10H14BClN2O3. The quantitative estimate of drug-likeness (QED) is 0.485. The van der Waals surface area contributed by atoms with Gasteiger partial charge in [-0.15, -0.1) is 0 Å². The van der Waals surface area contributed by atoms with Crippen LogP contribution in [0.2, 0.25) is 5.15 Å². The van der Waals surface area contributed by atoms with E-state index in [2.05, 4.69) is 4.98 Å². The van der Waals surface area contributed by atoms with Gasteiger partial charge in [0.25, 0.3) is 0 Å². The van der Waals surface area contributed by atoms with Gasteiger partial charge < -0.3 is 20.1 Å². The minimum atomic E-state index is -1.56. The highest BCUT2D eigenvalue weighted by molar-refractivity contribution is 6.58. The monoisotopic (exact) mass is 256 g/mol. The van der Waals surface area contributed by atoms with E-state index < -0.39 is 7.12 Å². The first-order chi connectivity index (χ1) is 8.08. The summed E-state index contributed by atoms with van der Waals surface area (Å²) in [5, 5.41) is 28.1. The summed E-state index contributed by atoms with van der Waals surface area (Å²) in [7, 11) is -1.56. The maximum absolute atomic E-state index is 9.61. The number of aromatic nitrogens is 1. The van der Waals surface area contributed by atoms with Crippen molar-refractivity contribution in [1.82, 2.24) is 4.98 Å². The zero-order valence-corrected chi connectivity index (χ0v) is 10.0. The molecular weight excluding hydrogens is 242 g/mol. The third-order valence-corrected chi connectivity index (χ3v) is 3.17. The first-order valence-electron chi connectivity index (χ1n) is 5.52. The number of halogens is 1. The zero-order chi connectivity index (χ0) is 12.4. The fourth-order valence-electron chi connectivity index (χ4n) is 1.99. The van der Waals surface area contributed by atoms with E-state index in [-0.39, 0.29) is 6.10 Å². The van der Waals surface area contributed by atoms with E-state index in [1.165, 1.54) is 6.20 Å². The molecule has 0 bridgehead atoms. The average Bonchev–Trinajstić information content (AvgIpc) is 2.29. The molecule has 0 aliphatic carbocycles. The molecule has 1 fully saturated rings. The molecule has 1 aliphatic heterocycles. The van der Waals surface area contributed by atoms with Crippen LogP contribution in [-0.4, -0.2) is 46.5 Å². The Balaban J connectivity index is 2.26. The Hall–Kier alpha value is -0.815. The lowest BCUT2D eigenvalue weighted by molar-refractivity contribution is 0.154. The fraction of sp³-hybridized carbons (Fsp3) is 0.500. The second kappa shape index (κ2) is 5.22. The van der Waals surface area contributed by atoms with Crippen molar-refractivity contribution in [3.63, 3.8) is 0 Å². The Morgan fingerprint density at radius 2 is 2.24 bits per heavy atom. The van der Waals surface area contributed by atoms with Crippen LogP contribution in [0.4, 0.5) is 5.69 Å². The smallest absolute Gasteiger partial charge is 0.423 e. The molecule has 0 spiro atoms.